The minimum absolute atomic E-state index is 0.219. The van der Waals surface area contributed by atoms with Gasteiger partial charge in [-0.3, -0.25) is 9.78 Å². The lowest BCUT2D eigenvalue weighted by atomic mass is 10.2. The van der Waals surface area contributed by atoms with Crippen molar-refractivity contribution in [3.63, 3.8) is 0 Å². The summed E-state index contributed by atoms with van der Waals surface area (Å²) >= 11 is 3.06. The van der Waals surface area contributed by atoms with Crippen molar-refractivity contribution in [3.05, 3.63) is 64.1 Å². The number of nitrogens with zero attached hydrogens (tertiary/aromatic N) is 2. The fourth-order valence-corrected chi connectivity index (χ4v) is 1.93. The predicted molar refractivity (Wildman–Crippen MR) is 74.1 cm³/mol. The highest BCUT2D eigenvalue weighted by Crippen LogP contribution is 2.17. The summed E-state index contributed by atoms with van der Waals surface area (Å²) in [6.45, 7) is 0.457. The largest absolute Gasteiger partial charge is 0.337 e. The molecule has 0 aliphatic rings. The van der Waals surface area contributed by atoms with E-state index < -0.39 is 5.82 Å². The molecule has 0 aliphatic heterocycles. The summed E-state index contributed by atoms with van der Waals surface area (Å²) in [6, 6.07) is 8.04. The molecule has 3 nitrogen and oxygen atoms in total. The lowest BCUT2D eigenvalue weighted by Crippen LogP contribution is -2.26. The van der Waals surface area contributed by atoms with Crippen molar-refractivity contribution in [1.29, 1.82) is 0 Å². The quantitative estimate of drug-likeness (QED) is 0.869. The van der Waals surface area contributed by atoms with Gasteiger partial charge in [0, 0.05) is 31.5 Å². The van der Waals surface area contributed by atoms with Crippen LogP contribution in [-0.4, -0.2) is 22.8 Å². The van der Waals surface area contributed by atoms with E-state index in [1.165, 1.54) is 17.0 Å². The van der Waals surface area contributed by atoms with Gasteiger partial charge in [-0.05, 0) is 51.8 Å². The Morgan fingerprint density at radius 1 is 1.32 bits per heavy atom. The summed E-state index contributed by atoms with van der Waals surface area (Å²) in [5.74, 6) is -0.661. The number of halogens is 2. The molecule has 2 rings (SSSR count). The number of rotatable bonds is 3. The van der Waals surface area contributed by atoms with E-state index in [1.54, 1.807) is 25.5 Å². The molecule has 2 aromatic rings. The minimum atomic E-state index is -0.442. The second kappa shape index (κ2) is 5.93. The van der Waals surface area contributed by atoms with Gasteiger partial charge in [0.25, 0.3) is 5.91 Å². The number of aromatic nitrogens is 1. The smallest absolute Gasteiger partial charge is 0.253 e. The van der Waals surface area contributed by atoms with Gasteiger partial charge in [-0.15, -0.1) is 0 Å². The summed E-state index contributed by atoms with van der Waals surface area (Å²) in [5, 5.41) is 0. The molecular weight excluding hydrogens is 311 g/mol. The first-order chi connectivity index (χ1) is 9.08. The molecule has 0 spiro atoms. The number of benzene rings is 1. The zero-order valence-electron chi connectivity index (χ0n) is 10.3. The van der Waals surface area contributed by atoms with Gasteiger partial charge >= 0.3 is 0 Å². The molecule has 1 heterocycles. The number of carbonyl (C=O) groups excluding carboxylic acids is 1. The molecule has 0 fully saturated rings. The highest BCUT2D eigenvalue weighted by molar-refractivity contribution is 9.10. The zero-order chi connectivity index (χ0) is 13.8. The third-order valence-corrected chi connectivity index (χ3v) is 3.33. The van der Waals surface area contributed by atoms with Crippen LogP contribution in [0.1, 0.15) is 15.9 Å². The molecule has 19 heavy (non-hydrogen) atoms. The topological polar surface area (TPSA) is 33.2 Å². The predicted octanol–water partition coefficient (Wildman–Crippen LogP) is 3.26. The molecule has 1 amide bonds. The van der Waals surface area contributed by atoms with Gasteiger partial charge in [0.15, 0.2) is 0 Å². The van der Waals surface area contributed by atoms with Crippen molar-refractivity contribution < 1.29 is 9.18 Å². The van der Waals surface area contributed by atoms with Crippen molar-refractivity contribution in [2.45, 2.75) is 6.54 Å². The summed E-state index contributed by atoms with van der Waals surface area (Å²) in [7, 11) is 1.68. The first-order valence-electron chi connectivity index (χ1n) is 5.67. The Kier molecular flexibility index (Phi) is 4.27. The Bertz CT molecular complexity index is 589. The number of hydrogen-bond acceptors (Lipinski definition) is 2. The Morgan fingerprint density at radius 2 is 2.00 bits per heavy atom. The van der Waals surface area contributed by atoms with E-state index in [0.29, 0.717) is 16.6 Å². The summed E-state index contributed by atoms with van der Waals surface area (Å²) in [5.41, 5.74) is 1.31. The molecule has 5 heteroatoms. The number of carbonyl (C=O) groups is 1. The third-order valence-electron chi connectivity index (χ3n) is 2.68. The zero-order valence-corrected chi connectivity index (χ0v) is 11.9. The van der Waals surface area contributed by atoms with Crippen molar-refractivity contribution in [1.82, 2.24) is 9.88 Å². The van der Waals surface area contributed by atoms with Crippen LogP contribution >= 0.6 is 15.9 Å². The van der Waals surface area contributed by atoms with Gasteiger partial charge in [0.1, 0.15) is 5.82 Å². The molecule has 0 radical (unpaired) electrons. The van der Waals surface area contributed by atoms with Crippen LogP contribution < -0.4 is 0 Å². The van der Waals surface area contributed by atoms with Crippen molar-refractivity contribution >= 4 is 21.8 Å². The fourth-order valence-electron chi connectivity index (χ4n) is 1.68. The second-order valence-corrected chi connectivity index (χ2v) is 5.00. The van der Waals surface area contributed by atoms with E-state index in [4.69, 9.17) is 0 Å². The van der Waals surface area contributed by atoms with Crippen molar-refractivity contribution in [2.75, 3.05) is 7.05 Å². The lowest BCUT2D eigenvalue weighted by molar-refractivity contribution is 0.0784. The molecule has 0 aliphatic carbocycles. The van der Waals surface area contributed by atoms with E-state index in [-0.39, 0.29) is 5.91 Å². The van der Waals surface area contributed by atoms with E-state index in [2.05, 4.69) is 20.9 Å². The van der Waals surface area contributed by atoms with Crippen LogP contribution in [0.4, 0.5) is 4.39 Å². The van der Waals surface area contributed by atoms with Crippen LogP contribution in [0.25, 0.3) is 0 Å². The second-order valence-electron chi connectivity index (χ2n) is 4.15. The Morgan fingerprint density at radius 3 is 2.63 bits per heavy atom. The van der Waals surface area contributed by atoms with Crippen molar-refractivity contribution in [2.24, 2.45) is 0 Å². The summed E-state index contributed by atoms with van der Waals surface area (Å²) < 4.78 is 13.8. The molecule has 0 saturated heterocycles. The van der Waals surface area contributed by atoms with Gasteiger partial charge in [0.2, 0.25) is 0 Å². The molecule has 0 unspecified atom stereocenters. The molecule has 0 saturated carbocycles. The van der Waals surface area contributed by atoms with Crippen LogP contribution in [0.15, 0.2) is 47.2 Å². The molecule has 0 bridgehead atoms. The van der Waals surface area contributed by atoms with Crippen LogP contribution in [0, 0.1) is 5.82 Å². The average molecular weight is 323 g/mol. The van der Waals surface area contributed by atoms with Crippen LogP contribution in [0.2, 0.25) is 0 Å². The van der Waals surface area contributed by atoms with E-state index in [0.717, 1.165) is 5.56 Å². The summed E-state index contributed by atoms with van der Waals surface area (Å²) in [6.07, 6.45) is 3.35. The Labute approximate surface area is 119 Å². The maximum Gasteiger partial charge on any atom is 0.253 e. The molecule has 0 atom stereocenters. The monoisotopic (exact) mass is 322 g/mol. The highest BCUT2D eigenvalue weighted by atomic mass is 79.9. The van der Waals surface area contributed by atoms with Gasteiger partial charge in [-0.1, -0.05) is 0 Å². The van der Waals surface area contributed by atoms with Crippen LogP contribution in [-0.2, 0) is 6.54 Å². The maximum atomic E-state index is 13.4. The molecule has 98 valence electrons. The Balaban J connectivity index is 2.12. The van der Waals surface area contributed by atoms with E-state index >= 15 is 0 Å². The normalized spacial score (nSPS) is 10.3. The van der Waals surface area contributed by atoms with Gasteiger partial charge in [0.05, 0.1) is 4.47 Å². The molecular formula is C14H12BrFN2O. The average Bonchev–Trinajstić information content (AvgIpc) is 2.42. The standard InChI is InChI=1S/C14H12BrFN2O/c1-18(9-10-4-6-17-7-5-10)14(19)11-2-3-12(15)13(16)8-11/h2-8H,9H2,1H3. The van der Waals surface area contributed by atoms with Crippen molar-refractivity contribution in [3.8, 4) is 0 Å². The first kappa shape index (κ1) is 13.7. The molecule has 1 aromatic heterocycles. The molecule has 1 aromatic carbocycles. The minimum Gasteiger partial charge on any atom is -0.337 e. The highest BCUT2D eigenvalue weighted by Gasteiger charge is 2.13. The number of amides is 1. The number of hydrogen-bond donors (Lipinski definition) is 0. The third kappa shape index (κ3) is 3.38. The van der Waals surface area contributed by atoms with Gasteiger partial charge in [-0.2, -0.15) is 0 Å². The SMILES string of the molecule is CN(Cc1ccncc1)C(=O)c1ccc(Br)c(F)c1. The molecule has 0 N–H and O–H groups in total. The summed E-state index contributed by atoms with van der Waals surface area (Å²) in [4.78, 5) is 17.6. The lowest BCUT2D eigenvalue weighted by Gasteiger charge is -2.17. The fraction of sp³-hybridized carbons (Fsp3) is 0.143. The van der Waals surface area contributed by atoms with Crippen LogP contribution in [0.3, 0.4) is 0 Å². The number of pyridine rings is 1. The maximum absolute atomic E-state index is 13.4. The van der Waals surface area contributed by atoms with Crippen LogP contribution in [0.5, 0.6) is 0 Å². The van der Waals surface area contributed by atoms with E-state index in [9.17, 15) is 9.18 Å². The first-order valence-corrected chi connectivity index (χ1v) is 6.46. The van der Waals surface area contributed by atoms with E-state index in [1.807, 2.05) is 12.1 Å². The van der Waals surface area contributed by atoms with Gasteiger partial charge < -0.3 is 4.90 Å². The Hall–Kier alpha value is -1.75. The van der Waals surface area contributed by atoms with Gasteiger partial charge in [-0.25, -0.2) is 4.39 Å².